The summed E-state index contributed by atoms with van der Waals surface area (Å²) in [6.07, 6.45) is 5.61. The van der Waals surface area contributed by atoms with E-state index in [1.165, 1.54) is 0 Å². The Morgan fingerprint density at radius 2 is 2.33 bits per heavy atom. The van der Waals surface area contributed by atoms with Crippen molar-refractivity contribution in [3.63, 3.8) is 0 Å². The molecule has 1 heterocycles. The summed E-state index contributed by atoms with van der Waals surface area (Å²) in [5.74, 6) is 0.131. The summed E-state index contributed by atoms with van der Waals surface area (Å²) in [4.78, 5) is 13.7. The van der Waals surface area contributed by atoms with Crippen LogP contribution in [0.5, 0.6) is 0 Å². The number of nitrogens with zero attached hydrogens (tertiary/aromatic N) is 2. The summed E-state index contributed by atoms with van der Waals surface area (Å²) in [7, 11) is 1.94. The minimum atomic E-state index is 0.00477. The highest BCUT2D eigenvalue weighted by atomic mass is 16.2. The zero-order valence-electron chi connectivity index (χ0n) is 9.60. The lowest BCUT2D eigenvalue weighted by Crippen LogP contribution is -2.34. The topological polar surface area (TPSA) is 25.2 Å². The molecule has 1 aromatic heterocycles. The van der Waals surface area contributed by atoms with Crippen LogP contribution < -0.4 is 4.90 Å². The molecule has 0 aromatic carbocycles. The average molecular weight is 206 g/mol. The second-order valence-electron chi connectivity index (χ2n) is 3.93. The van der Waals surface area contributed by atoms with Crippen molar-refractivity contribution < 1.29 is 4.79 Å². The fraction of sp³-hybridized carbons (Fsp3) is 0.417. The minimum absolute atomic E-state index is 0.00477. The first-order chi connectivity index (χ1) is 7.06. The molecular weight excluding hydrogens is 188 g/mol. The Hall–Kier alpha value is -1.51. The van der Waals surface area contributed by atoms with Crippen LogP contribution in [0.3, 0.4) is 0 Å². The third kappa shape index (κ3) is 2.72. The molecule has 0 unspecified atom stereocenters. The number of aryl methyl sites for hydroxylation is 1. The molecule has 3 nitrogen and oxygen atoms in total. The van der Waals surface area contributed by atoms with Crippen molar-refractivity contribution in [1.82, 2.24) is 4.57 Å². The molecule has 0 bridgehead atoms. The van der Waals surface area contributed by atoms with Gasteiger partial charge in [-0.25, -0.2) is 0 Å². The molecule has 0 saturated carbocycles. The number of aromatic nitrogens is 1. The zero-order valence-corrected chi connectivity index (χ0v) is 9.60. The molecule has 0 aliphatic heterocycles. The van der Waals surface area contributed by atoms with E-state index in [-0.39, 0.29) is 11.8 Å². The predicted molar refractivity (Wildman–Crippen MR) is 62.8 cm³/mol. The Labute approximate surface area is 91.0 Å². The first kappa shape index (κ1) is 11.6. The van der Waals surface area contributed by atoms with Crippen molar-refractivity contribution in [1.29, 1.82) is 0 Å². The lowest BCUT2D eigenvalue weighted by atomic mass is 10.2. The largest absolute Gasteiger partial charge is 0.355 e. The molecule has 0 atom stereocenters. The highest BCUT2D eigenvalue weighted by molar-refractivity contribution is 5.94. The van der Waals surface area contributed by atoms with Gasteiger partial charge in [-0.15, -0.1) is 6.58 Å². The van der Waals surface area contributed by atoms with Crippen LogP contribution >= 0.6 is 0 Å². The molecule has 0 spiro atoms. The van der Waals surface area contributed by atoms with Crippen LogP contribution in [0.4, 0.5) is 5.69 Å². The van der Waals surface area contributed by atoms with Gasteiger partial charge in [-0.2, -0.15) is 0 Å². The lowest BCUT2D eigenvalue weighted by Gasteiger charge is -2.21. The molecule has 1 rings (SSSR count). The minimum Gasteiger partial charge on any atom is -0.355 e. The molecule has 1 amide bonds. The normalized spacial score (nSPS) is 10.4. The summed E-state index contributed by atoms with van der Waals surface area (Å²) in [6, 6.07) is 1.93. The molecule has 0 saturated heterocycles. The van der Waals surface area contributed by atoms with Crippen molar-refractivity contribution in [3.8, 4) is 0 Å². The first-order valence-corrected chi connectivity index (χ1v) is 5.10. The van der Waals surface area contributed by atoms with Crippen molar-refractivity contribution in [2.24, 2.45) is 13.0 Å². The van der Waals surface area contributed by atoms with E-state index in [2.05, 4.69) is 6.58 Å². The van der Waals surface area contributed by atoms with Crippen LogP contribution in [0.2, 0.25) is 0 Å². The summed E-state index contributed by atoms with van der Waals surface area (Å²) >= 11 is 0. The number of amides is 1. The third-order valence-electron chi connectivity index (χ3n) is 2.20. The van der Waals surface area contributed by atoms with E-state index in [0.29, 0.717) is 6.54 Å². The third-order valence-corrected chi connectivity index (χ3v) is 2.20. The van der Waals surface area contributed by atoms with Gasteiger partial charge in [0.15, 0.2) is 0 Å². The van der Waals surface area contributed by atoms with E-state index in [1.54, 1.807) is 11.0 Å². The van der Waals surface area contributed by atoms with Gasteiger partial charge in [0.2, 0.25) is 5.91 Å². The van der Waals surface area contributed by atoms with Gasteiger partial charge in [-0.3, -0.25) is 4.79 Å². The quantitative estimate of drug-likeness (QED) is 0.693. The lowest BCUT2D eigenvalue weighted by molar-refractivity contribution is -0.121. The molecule has 1 aromatic rings. The van der Waals surface area contributed by atoms with Gasteiger partial charge in [0, 0.05) is 31.9 Å². The van der Waals surface area contributed by atoms with E-state index in [1.807, 2.05) is 43.9 Å². The molecule has 0 radical (unpaired) electrons. The summed E-state index contributed by atoms with van der Waals surface area (Å²) in [6.45, 7) is 8.04. The van der Waals surface area contributed by atoms with Crippen LogP contribution in [-0.4, -0.2) is 17.0 Å². The Kier molecular flexibility index (Phi) is 3.72. The molecule has 0 aliphatic carbocycles. The van der Waals surface area contributed by atoms with Gasteiger partial charge in [-0.05, 0) is 6.07 Å². The van der Waals surface area contributed by atoms with Crippen LogP contribution in [0.25, 0.3) is 0 Å². The number of rotatable bonds is 4. The highest BCUT2D eigenvalue weighted by Gasteiger charge is 2.17. The number of carbonyl (C=O) groups is 1. The summed E-state index contributed by atoms with van der Waals surface area (Å²) < 4.78 is 1.93. The van der Waals surface area contributed by atoms with Gasteiger partial charge in [0.25, 0.3) is 0 Å². The van der Waals surface area contributed by atoms with Crippen LogP contribution in [0.1, 0.15) is 13.8 Å². The van der Waals surface area contributed by atoms with E-state index < -0.39 is 0 Å². The van der Waals surface area contributed by atoms with E-state index in [9.17, 15) is 4.79 Å². The second kappa shape index (κ2) is 4.82. The van der Waals surface area contributed by atoms with Gasteiger partial charge < -0.3 is 9.47 Å². The number of hydrogen-bond donors (Lipinski definition) is 0. The maximum absolute atomic E-state index is 11.9. The van der Waals surface area contributed by atoms with Crippen LogP contribution in [0, 0.1) is 5.92 Å². The molecule has 0 fully saturated rings. The Morgan fingerprint density at radius 3 is 2.73 bits per heavy atom. The SMILES string of the molecule is C=CCN(C(=O)C(C)C)c1ccn(C)c1. The van der Waals surface area contributed by atoms with Gasteiger partial charge in [-0.1, -0.05) is 19.9 Å². The Bertz CT molecular complexity index is 352. The molecule has 82 valence electrons. The summed E-state index contributed by atoms with van der Waals surface area (Å²) in [5, 5.41) is 0. The van der Waals surface area contributed by atoms with Crippen molar-refractivity contribution in [2.45, 2.75) is 13.8 Å². The van der Waals surface area contributed by atoms with Gasteiger partial charge >= 0.3 is 0 Å². The summed E-state index contributed by atoms with van der Waals surface area (Å²) in [5.41, 5.74) is 0.927. The number of anilines is 1. The smallest absolute Gasteiger partial charge is 0.229 e. The van der Waals surface area contributed by atoms with E-state index in [4.69, 9.17) is 0 Å². The van der Waals surface area contributed by atoms with E-state index >= 15 is 0 Å². The zero-order chi connectivity index (χ0) is 11.4. The van der Waals surface area contributed by atoms with E-state index in [0.717, 1.165) is 5.69 Å². The molecule has 0 N–H and O–H groups in total. The Balaban J connectivity index is 2.92. The molecule has 3 heteroatoms. The second-order valence-corrected chi connectivity index (χ2v) is 3.93. The molecule has 15 heavy (non-hydrogen) atoms. The predicted octanol–water partition coefficient (Wildman–Crippen LogP) is 2.20. The number of carbonyl (C=O) groups excluding carboxylic acids is 1. The molecule has 0 aliphatic rings. The standard InChI is InChI=1S/C12H18N2O/c1-5-7-14(12(15)10(2)3)11-6-8-13(4)9-11/h5-6,8-10H,1,7H2,2-4H3. The van der Waals surface area contributed by atoms with Gasteiger partial charge in [0.1, 0.15) is 0 Å². The average Bonchev–Trinajstić information content (AvgIpc) is 2.60. The first-order valence-electron chi connectivity index (χ1n) is 5.10. The van der Waals surface area contributed by atoms with Crippen molar-refractivity contribution in [3.05, 3.63) is 31.1 Å². The monoisotopic (exact) mass is 206 g/mol. The maximum Gasteiger partial charge on any atom is 0.229 e. The molecular formula is C12H18N2O. The van der Waals surface area contributed by atoms with Crippen LogP contribution in [-0.2, 0) is 11.8 Å². The maximum atomic E-state index is 11.9. The fourth-order valence-electron chi connectivity index (χ4n) is 1.41. The fourth-order valence-corrected chi connectivity index (χ4v) is 1.41. The van der Waals surface area contributed by atoms with Crippen molar-refractivity contribution >= 4 is 11.6 Å². The highest BCUT2D eigenvalue weighted by Crippen LogP contribution is 2.16. The van der Waals surface area contributed by atoms with Crippen molar-refractivity contribution in [2.75, 3.05) is 11.4 Å². The Morgan fingerprint density at radius 1 is 1.67 bits per heavy atom. The van der Waals surface area contributed by atoms with Gasteiger partial charge in [0.05, 0.1) is 5.69 Å². The number of hydrogen-bond acceptors (Lipinski definition) is 1. The van der Waals surface area contributed by atoms with Crippen LogP contribution in [0.15, 0.2) is 31.1 Å².